The van der Waals surface area contributed by atoms with E-state index in [-0.39, 0.29) is 10.8 Å². The standard InChI is InChI=1S/C20H26N2O4S/c1-22(20(23)19(21)14-16-8-4-3-5-9-16)12-7-13-26-17-10-6-11-18(15-17)27(2,24)25/h3-6,8-11,15,19H,7,12-14,21H2,1-2H3/t19-/m0/s1. The van der Waals surface area contributed by atoms with Gasteiger partial charge in [0.05, 0.1) is 17.5 Å². The molecule has 0 bridgehead atoms. The number of sulfone groups is 1. The molecule has 0 fully saturated rings. The van der Waals surface area contributed by atoms with Crippen LogP contribution in [0.25, 0.3) is 0 Å². The number of nitrogens with two attached hydrogens (primary N) is 1. The average molecular weight is 391 g/mol. The van der Waals surface area contributed by atoms with Gasteiger partial charge in [-0.05, 0) is 36.6 Å². The van der Waals surface area contributed by atoms with Gasteiger partial charge in [0.15, 0.2) is 9.84 Å². The first-order valence-electron chi connectivity index (χ1n) is 8.75. The summed E-state index contributed by atoms with van der Waals surface area (Å²) < 4.78 is 28.7. The van der Waals surface area contributed by atoms with Gasteiger partial charge in [0, 0.05) is 19.8 Å². The minimum Gasteiger partial charge on any atom is -0.493 e. The highest BCUT2D eigenvalue weighted by atomic mass is 32.2. The van der Waals surface area contributed by atoms with Crippen LogP contribution in [0.2, 0.25) is 0 Å². The van der Waals surface area contributed by atoms with Crippen molar-refractivity contribution in [1.82, 2.24) is 4.90 Å². The Morgan fingerprint density at radius 3 is 2.52 bits per heavy atom. The normalized spacial score (nSPS) is 12.4. The number of hydrogen-bond acceptors (Lipinski definition) is 5. The van der Waals surface area contributed by atoms with E-state index in [4.69, 9.17) is 10.5 Å². The van der Waals surface area contributed by atoms with Gasteiger partial charge in [0.2, 0.25) is 5.91 Å². The highest BCUT2D eigenvalue weighted by Crippen LogP contribution is 2.17. The Balaban J connectivity index is 1.77. The van der Waals surface area contributed by atoms with E-state index in [9.17, 15) is 13.2 Å². The van der Waals surface area contributed by atoms with E-state index in [0.717, 1.165) is 11.8 Å². The van der Waals surface area contributed by atoms with Crippen LogP contribution in [-0.2, 0) is 21.1 Å². The number of carbonyl (C=O) groups excluding carboxylic acids is 1. The van der Waals surface area contributed by atoms with Crippen LogP contribution in [0, 0.1) is 0 Å². The predicted molar refractivity (Wildman–Crippen MR) is 105 cm³/mol. The van der Waals surface area contributed by atoms with Gasteiger partial charge >= 0.3 is 0 Å². The third-order valence-electron chi connectivity index (χ3n) is 4.13. The molecule has 2 N–H and O–H groups in total. The fraction of sp³-hybridized carbons (Fsp3) is 0.350. The molecule has 6 nitrogen and oxygen atoms in total. The molecule has 0 saturated heterocycles. The molecule has 2 aromatic carbocycles. The van der Waals surface area contributed by atoms with Crippen LogP contribution in [0.3, 0.4) is 0 Å². The predicted octanol–water partition coefficient (Wildman–Crippen LogP) is 1.89. The molecular formula is C20H26N2O4S. The number of rotatable bonds is 9. The van der Waals surface area contributed by atoms with Crippen LogP contribution in [0.4, 0.5) is 0 Å². The van der Waals surface area contributed by atoms with Crippen molar-refractivity contribution in [2.24, 2.45) is 5.73 Å². The van der Waals surface area contributed by atoms with E-state index in [1.165, 1.54) is 12.1 Å². The Bertz CT molecular complexity index is 853. The molecule has 0 spiro atoms. The molecule has 0 saturated carbocycles. The summed E-state index contributed by atoms with van der Waals surface area (Å²) in [6.07, 6.45) is 2.27. The summed E-state index contributed by atoms with van der Waals surface area (Å²) in [7, 11) is -1.54. The molecule has 0 aliphatic heterocycles. The van der Waals surface area contributed by atoms with Crippen LogP contribution in [-0.4, -0.2) is 51.7 Å². The Labute approximate surface area is 160 Å². The van der Waals surface area contributed by atoms with E-state index in [2.05, 4.69) is 0 Å². The summed E-state index contributed by atoms with van der Waals surface area (Å²) in [5, 5.41) is 0. The molecule has 1 amide bonds. The van der Waals surface area contributed by atoms with E-state index in [0.29, 0.717) is 31.7 Å². The largest absolute Gasteiger partial charge is 0.493 e. The molecule has 2 rings (SSSR count). The van der Waals surface area contributed by atoms with Crippen LogP contribution >= 0.6 is 0 Å². The van der Waals surface area contributed by atoms with Crippen LogP contribution in [0.5, 0.6) is 5.75 Å². The number of nitrogens with zero attached hydrogens (tertiary/aromatic N) is 1. The first kappa shape index (κ1) is 20.9. The van der Waals surface area contributed by atoms with Crippen molar-refractivity contribution in [2.75, 3.05) is 26.5 Å². The average Bonchev–Trinajstić information content (AvgIpc) is 2.64. The van der Waals surface area contributed by atoms with E-state index in [1.54, 1.807) is 24.1 Å². The van der Waals surface area contributed by atoms with Gasteiger partial charge in [-0.15, -0.1) is 0 Å². The molecule has 1 atom stereocenters. The number of likely N-dealkylation sites (N-methyl/N-ethyl adjacent to an activating group) is 1. The molecule has 0 aliphatic carbocycles. The number of benzene rings is 2. The Morgan fingerprint density at radius 2 is 1.85 bits per heavy atom. The molecule has 0 aromatic heterocycles. The lowest BCUT2D eigenvalue weighted by atomic mass is 10.1. The monoisotopic (exact) mass is 390 g/mol. The Morgan fingerprint density at radius 1 is 1.15 bits per heavy atom. The zero-order valence-electron chi connectivity index (χ0n) is 15.7. The van der Waals surface area contributed by atoms with Gasteiger partial charge in [-0.2, -0.15) is 0 Å². The molecular weight excluding hydrogens is 364 g/mol. The van der Waals surface area contributed by atoms with Gasteiger partial charge in [-0.1, -0.05) is 36.4 Å². The number of hydrogen-bond donors (Lipinski definition) is 1. The summed E-state index contributed by atoms with van der Waals surface area (Å²) in [4.78, 5) is 14.2. The molecule has 0 radical (unpaired) electrons. The first-order chi connectivity index (χ1) is 12.8. The van der Waals surface area contributed by atoms with E-state index in [1.807, 2.05) is 30.3 Å². The van der Waals surface area contributed by atoms with Crippen molar-refractivity contribution in [1.29, 1.82) is 0 Å². The fourth-order valence-electron chi connectivity index (χ4n) is 2.63. The molecule has 0 unspecified atom stereocenters. The zero-order chi connectivity index (χ0) is 19.9. The summed E-state index contributed by atoms with van der Waals surface area (Å²) in [6.45, 7) is 0.881. The van der Waals surface area contributed by atoms with Gasteiger partial charge in [-0.3, -0.25) is 4.79 Å². The maximum Gasteiger partial charge on any atom is 0.239 e. The summed E-state index contributed by atoms with van der Waals surface area (Å²) in [5.74, 6) is 0.380. The van der Waals surface area contributed by atoms with Crippen LogP contribution < -0.4 is 10.5 Å². The molecule has 0 heterocycles. The van der Waals surface area contributed by atoms with Crippen molar-refractivity contribution >= 4 is 15.7 Å². The molecule has 146 valence electrons. The topological polar surface area (TPSA) is 89.7 Å². The molecule has 27 heavy (non-hydrogen) atoms. The Kier molecular flexibility index (Phi) is 7.38. The van der Waals surface area contributed by atoms with Crippen LogP contribution in [0.15, 0.2) is 59.5 Å². The fourth-order valence-corrected chi connectivity index (χ4v) is 3.29. The number of carbonyl (C=O) groups is 1. The van der Waals surface area contributed by atoms with Crippen molar-refractivity contribution in [2.45, 2.75) is 23.8 Å². The van der Waals surface area contributed by atoms with Crippen molar-refractivity contribution in [3.05, 3.63) is 60.2 Å². The van der Waals surface area contributed by atoms with Crippen LogP contribution in [0.1, 0.15) is 12.0 Å². The molecule has 7 heteroatoms. The SMILES string of the molecule is CN(CCCOc1cccc(S(C)(=O)=O)c1)C(=O)[C@@H](N)Cc1ccccc1. The summed E-state index contributed by atoms with van der Waals surface area (Å²) >= 11 is 0. The minimum atomic E-state index is -3.26. The maximum atomic E-state index is 12.4. The van der Waals surface area contributed by atoms with E-state index >= 15 is 0 Å². The lowest BCUT2D eigenvalue weighted by Gasteiger charge is -2.21. The first-order valence-corrected chi connectivity index (χ1v) is 10.6. The summed E-state index contributed by atoms with van der Waals surface area (Å²) in [5.41, 5.74) is 7.05. The highest BCUT2D eigenvalue weighted by molar-refractivity contribution is 7.90. The maximum absolute atomic E-state index is 12.4. The second-order valence-electron chi connectivity index (χ2n) is 6.51. The second-order valence-corrected chi connectivity index (χ2v) is 8.52. The number of ether oxygens (including phenoxy) is 1. The van der Waals surface area contributed by atoms with Crippen molar-refractivity contribution in [3.8, 4) is 5.75 Å². The van der Waals surface area contributed by atoms with Gasteiger partial charge in [0.25, 0.3) is 0 Å². The van der Waals surface area contributed by atoms with Gasteiger partial charge < -0.3 is 15.4 Å². The zero-order valence-corrected chi connectivity index (χ0v) is 16.5. The van der Waals surface area contributed by atoms with Gasteiger partial charge in [0.1, 0.15) is 5.75 Å². The quantitative estimate of drug-likeness (QED) is 0.661. The smallest absolute Gasteiger partial charge is 0.239 e. The Hall–Kier alpha value is -2.38. The lowest BCUT2D eigenvalue weighted by molar-refractivity contribution is -0.131. The van der Waals surface area contributed by atoms with E-state index < -0.39 is 15.9 Å². The highest BCUT2D eigenvalue weighted by Gasteiger charge is 2.18. The van der Waals surface area contributed by atoms with Crippen molar-refractivity contribution in [3.63, 3.8) is 0 Å². The lowest BCUT2D eigenvalue weighted by Crippen LogP contribution is -2.43. The molecule has 0 aliphatic rings. The number of amides is 1. The van der Waals surface area contributed by atoms with Crippen molar-refractivity contribution < 1.29 is 17.9 Å². The molecule has 2 aromatic rings. The third kappa shape index (κ3) is 6.69. The third-order valence-corrected chi connectivity index (χ3v) is 5.24. The second kappa shape index (κ2) is 9.53. The summed E-state index contributed by atoms with van der Waals surface area (Å²) in [6, 6.07) is 15.5. The minimum absolute atomic E-state index is 0.113. The van der Waals surface area contributed by atoms with Gasteiger partial charge in [-0.25, -0.2) is 8.42 Å².